The molecule has 18 heavy (non-hydrogen) atoms. The highest BCUT2D eigenvalue weighted by molar-refractivity contribution is 5.84. The Morgan fingerprint density at radius 2 is 2.11 bits per heavy atom. The van der Waals surface area contributed by atoms with Crippen molar-refractivity contribution in [3.63, 3.8) is 0 Å². The van der Waals surface area contributed by atoms with Gasteiger partial charge in [0.2, 0.25) is 5.91 Å². The van der Waals surface area contributed by atoms with Crippen LogP contribution in [0.3, 0.4) is 0 Å². The van der Waals surface area contributed by atoms with E-state index >= 15 is 0 Å². The lowest BCUT2D eigenvalue weighted by atomic mass is 9.94. The summed E-state index contributed by atoms with van der Waals surface area (Å²) in [6.07, 6.45) is 2.10. The summed E-state index contributed by atoms with van der Waals surface area (Å²) < 4.78 is 0. The Morgan fingerprint density at radius 3 is 2.83 bits per heavy atom. The minimum atomic E-state index is -0.175. The first-order valence-electron chi connectivity index (χ1n) is 6.69. The number of nitrogens with one attached hydrogen (secondary N) is 2. The minimum Gasteiger partial charge on any atom is -0.351 e. The zero-order valence-electron chi connectivity index (χ0n) is 11.0. The van der Waals surface area contributed by atoms with Crippen LogP contribution in [0.5, 0.6) is 0 Å². The molecule has 0 spiro atoms. The summed E-state index contributed by atoms with van der Waals surface area (Å²) >= 11 is 0. The van der Waals surface area contributed by atoms with Crippen LogP contribution < -0.4 is 10.6 Å². The van der Waals surface area contributed by atoms with E-state index < -0.39 is 0 Å². The molecule has 0 aromatic heterocycles. The molecule has 0 saturated heterocycles. The molecule has 3 nitrogen and oxygen atoms in total. The van der Waals surface area contributed by atoms with Crippen molar-refractivity contribution in [1.29, 1.82) is 0 Å². The number of fused-ring (bicyclic) bond motifs is 1. The molecule has 1 aliphatic heterocycles. The SMILES string of the molecule is CC1(C)CC1NC(=O)C1NCCc2ccccc21. The van der Waals surface area contributed by atoms with Crippen molar-refractivity contribution in [1.82, 2.24) is 10.6 Å². The second-order valence-electron chi connectivity index (χ2n) is 6.09. The van der Waals surface area contributed by atoms with Gasteiger partial charge in [-0.1, -0.05) is 38.1 Å². The van der Waals surface area contributed by atoms with Crippen molar-refractivity contribution < 1.29 is 4.79 Å². The number of hydrogen-bond acceptors (Lipinski definition) is 2. The molecule has 3 heteroatoms. The molecule has 0 radical (unpaired) electrons. The molecule has 0 bridgehead atoms. The average molecular weight is 244 g/mol. The van der Waals surface area contributed by atoms with E-state index in [-0.39, 0.29) is 17.4 Å². The van der Waals surface area contributed by atoms with Crippen LogP contribution in [0.4, 0.5) is 0 Å². The van der Waals surface area contributed by atoms with Crippen LogP contribution in [0, 0.1) is 5.41 Å². The van der Waals surface area contributed by atoms with Gasteiger partial charge in [-0.2, -0.15) is 0 Å². The largest absolute Gasteiger partial charge is 0.351 e. The van der Waals surface area contributed by atoms with E-state index in [1.807, 2.05) is 12.1 Å². The minimum absolute atomic E-state index is 0.123. The van der Waals surface area contributed by atoms with Gasteiger partial charge in [0.1, 0.15) is 6.04 Å². The number of carbonyl (C=O) groups excluding carboxylic acids is 1. The second-order valence-corrected chi connectivity index (χ2v) is 6.09. The molecule has 1 amide bonds. The van der Waals surface area contributed by atoms with Crippen molar-refractivity contribution in [2.75, 3.05) is 6.54 Å². The summed E-state index contributed by atoms with van der Waals surface area (Å²) in [6.45, 7) is 5.27. The van der Waals surface area contributed by atoms with Crippen LogP contribution in [0.1, 0.15) is 37.4 Å². The standard InChI is InChI=1S/C15H20N2O/c1-15(2)9-12(15)17-14(18)13-11-6-4-3-5-10(11)7-8-16-13/h3-6,12-13,16H,7-9H2,1-2H3,(H,17,18). The highest BCUT2D eigenvalue weighted by Gasteiger charge is 2.47. The Bertz CT molecular complexity index is 481. The van der Waals surface area contributed by atoms with Crippen LogP contribution in [0.15, 0.2) is 24.3 Å². The highest BCUT2D eigenvalue weighted by Crippen LogP contribution is 2.44. The lowest BCUT2D eigenvalue weighted by molar-refractivity contribution is -0.123. The van der Waals surface area contributed by atoms with Crippen molar-refractivity contribution >= 4 is 5.91 Å². The summed E-state index contributed by atoms with van der Waals surface area (Å²) in [5, 5.41) is 6.48. The number of hydrogen-bond donors (Lipinski definition) is 2. The summed E-state index contributed by atoms with van der Waals surface area (Å²) in [6, 6.07) is 8.41. The maximum absolute atomic E-state index is 12.3. The zero-order valence-corrected chi connectivity index (χ0v) is 11.0. The van der Waals surface area contributed by atoms with Gasteiger partial charge in [-0.3, -0.25) is 4.79 Å². The van der Waals surface area contributed by atoms with Crippen LogP contribution in [-0.2, 0) is 11.2 Å². The molecule has 2 unspecified atom stereocenters. The first-order valence-corrected chi connectivity index (χ1v) is 6.69. The molecule has 96 valence electrons. The van der Waals surface area contributed by atoms with Gasteiger partial charge < -0.3 is 10.6 Å². The van der Waals surface area contributed by atoms with Gasteiger partial charge in [0, 0.05) is 12.6 Å². The third-order valence-corrected chi connectivity index (χ3v) is 4.20. The molecule has 3 rings (SSSR count). The van der Waals surface area contributed by atoms with Crippen molar-refractivity contribution in [2.45, 2.75) is 38.8 Å². The topological polar surface area (TPSA) is 41.1 Å². The van der Waals surface area contributed by atoms with E-state index in [0.717, 1.165) is 24.9 Å². The number of benzene rings is 1. The summed E-state index contributed by atoms with van der Waals surface area (Å²) in [5.74, 6) is 0.123. The Balaban J connectivity index is 1.75. The zero-order chi connectivity index (χ0) is 12.8. The number of amides is 1. The second kappa shape index (κ2) is 4.09. The van der Waals surface area contributed by atoms with Crippen LogP contribution >= 0.6 is 0 Å². The normalized spacial score (nSPS) is 28.3. The van der Waals surface area contributed by atoms with Crippen molar-refractivity contribution in [3.8, 4) is 0 Å². The maximum atomic E-state index is 12.3. The van der Waals surface area contributed by atoms with E-state index in [2.05, 4.69) is 36.6 Å². The Hall–Kier alpha value is -1.35. The fraction of sp³-hybridized carbons (Fsp3) is 0.533. The van der Waals surface area contributed by atoms with E-state index in [1.54, 1.807) is 0 Å². The molecule has 2 atom stereocenters. The van der Waals surface area contributed by atoms with Gasteiger partial charge in [0.05, 0.1) is 0 Å². The molecule has 1 saturated carbocycles. The molecule has 1 heterocycles. The number of carbonyl (C=O) groups is 1. The van der Waals surface area contributed by atoms with Gasteiger partial charge in [-0.25, -0.2) is 0 Å². The average Bonchev–Trinajstić information content (AvgIpc) is 2.95. The lowest BCUT2D eigenvalue weighted by Crippen LogP contribution is -2.42. The van der Waals surface area contributed by atoms with Crippen LogP contribution in [-0.4, -0.2) is 18.5 Å². The van der Waals surface area contributed by atoms with E-state index in [0.29, 0.717) is 6.04 Å². The summed E-state index contributed by atoms with van der Waals surface area (Å²) in [7, 11) is 0. The van der Waals surface area contributed by atoms with Gasteiger partial charge >= 0.3 is 0 Å². The summed E-state index contributed by atoms with van der Waals surface area (Å²) in [5.41, 5.74) is 2.72. The molecule has 1 aromatic rings. The van der Waals surface area contributed by atoms with Gasteiger partial charge in [0.25, 0.3) is 0 Å². The first kappa shape index (κ1) is 11.7. The molecule has 1 aliphatic carbocycles. The van der Waals surface area contributed by atoms with E-state index in [9.17, 15) is 4.79 Å². The summed E-state index contributed by atoms with van der Waals surface area (Å²) in [4.78, 5) is 12.3. The maximum Gasteiger partial charge on any atom is 0.241 e. The third kappa shape index (κ3) is 2.03. The molecular formula is C15H20N2O. The van der Waals surface area contributed by atoms with Crippen LogP contribution in [0.25, 0.3) is 0 Å². The van der Waals surface area contributed by atoms with Crippen LogP contribution in [0.2, 0.25) is 0 Å². The first-order chi connectivity index (χ1) is 8.58. The van der Waals surface area contributed by atoms with Gasteiger partial charge in [-0.05, 0) is 29.4 Å². The van der Waals surface area contributed by atoms with Gasteiger partial charge in [-0.15, -0.1) is 0 Å². The van der Waals surface area contributed by atoms with E-state index in [1.165, 1.54) is 5.56 Å². The number of rotatable bonds is 2. The molecule has 1 fully saturated rings. The quantitative estimate of drug-likeness (QED) is 0.832. The van der Waals surface area contributed by atoms with E-state index in [4.69, 9.17) is 0 Å². The van der Waals surface area contributed by atoms with Gasteiger partial charge in [0.15, 0.2) is 0 Å². The fourth-order valence-corrected chi connectivity index (χ4v) is 2.71. The molecular weight excluding hydrogens is 224 g/mol. The Labute approximate surface area is 108 Å². The lowest BCUT2D eigenvalue weighted by Gasteiger charge is -2.26. The Morgan fingerprint density at radius 1 is 1.39 bits per heavy atom. The van der Waals surface area contributed by atoms with Crippen molar-refractivity contribution in [3.05, 3.63) is 35.4 Å². The third-order valence-electron chi connectivity index (χ3n) is 4.20. The fourth-order valence-electron chi connectivity index (χ4n) is 2.71. The molecule has 2 N–H and O–H groups in total. The molecule has 2 aliphatic rings. The predicted octanol–water partition coefficient (Wildman–Crippen LogP) is 1.79. The smallest absolute Gasteiger partial charge is 0.241 e. The molecule has 1 aromatic carbocycles. The Kier molecular flexibility index (Phi) is 2.67. The van der Waals surface area contributed by atoms with Crippen molar-refractivity contribution in [2.24, 2.45) is 5.41 Å². The highest BCUT2D eigenvalue weighted by atomic mass is 16.2. The predicted molar refractivity (Wildman–Crippen MR) is 71.2 cm³/mol. The monoisotopic (exact) mass is 244 g/mol.